The number of hydrogen-bond donors (Lipinski definition) is 1. The summed E-state index contributed by atoms with van der Waals surface area (Å²) in [5.74, 6) is 3.15. The van der Waals surface area contributed by atoms with Crippen molar-refractivity contribution in [3.8, 4) is 5.75 Å². The number of hydrogen-bond acceptors (Lipinski definition) is 4. The van der Waals surface area contributed by atoms with E-state index in [9.17, 15) is 0 Å². The summed E-state index contributed by atoms with van der Waals surface area (Å²) in [6.45, 7) is 8.81. The van der Waals surface area contributed by atoms with Gasteiger partial charge in [0, 0.05) is 64.0 Å². The summed E-state index contributed by atoms with van der Waals surface area (Å²) in [7, 11) is 3.86. The van der Waals surface area contributed by atoms with E-state index in [4.69, 9.17) is 14.5 Å². The third-order valence-corrected chi connectivity index (χ3v) is 5.46. The van der Waals surface area contributed by atoms with Gasteiger partial charge in [0.15, 0.2) is 5.96 Å². The molecule has 7 heteroatoms. The van der Waals surface area contributed by atoms with Crippen LogP contribution in [0.3, 0.4) is 0 Å². The van der Waals surface area contributed by atoms with Gasteiger partial charge in [0.05, 0.1) is 13.7 Å². The Balaban J connectivity index is 0.00000280. The highest BCUT2D eigenvalue weighted by molar-refractivity contribution is 14.0. The summed E-state index contributed by atoms with van der Waals surface area (Å²) in [5.41, 5.74) is 1.24. The molecule has 0 saturated carbocycles. The lowest BCUT2D eigenvalue weighted by atomic mass is 10.1. The topological polar surface area (TPSA) is 49.3 Å². The molecular weight excluding hydrogens is 467 g/mol. The van der Waals surface area contributed by atoms with Gasteiger partial charge in [-0.3, -0.25) is 4.99 Å². The van der Waals surface area contributed by atoms with Gasteiger partial charge in [-0.1, -0.05) is 6.07 Å². The standard InChI is InChI=1S/C21H34N4O2.HI/c1-4-22-21(24(2)14-18-9-11-27-16-18)23-13-17-8-10-25(15-17)19-6-5-7-20(12-19)26-3;/h5-7,12,17-18H,4,8-11,13-16H2,1-3H3,(H,22,23);1H. The predicted octanol–water partition coefficient (Wildman–Crippen LogP) is 3.07. The molecule has 0 amide bonds. The van der Waals surface area contributed by atoms with Crippen molar-refractivity contribution in [1.82, 2.24) is 10.2 Å². The van der Waals surface area contributed by atoms with Crippen LogP contribution >= 0.6 is 24.0 Å². The molecule has 2 unspecified atom stereocenters. The predicted molar refractivity (Wildman–Crippen MR) is 126 cm³/mol. The number of nitrogens with zero attached hydrogens (tertiary/aromatic N) is 3. The normalized spacial score (nSPS) is 22.1. The van der Waals surface area contributed by atoms with Crippen LogP contribution in [-0.2, 0) is 4.74 Å². The molecule has 1 aromatic rings. The molecule has 0 bridgehead atoms. The van der Waals surface area contributed by atoms with Crippen LogP contribution in [0.1, 0.15) is 19.8 Å². The van der Waals surface area contributed by atoms with E-state index in [1.807, 2.05) is 6.07 Å². The molecule has 2 atom stereocenters. The van der Waals surface area contributed by atoms with Crippen LogP contribution in [0.25, 0.3) is 0 Å². The van der Waals surface area contributed by atoms with E-state index in [1.54, 1.807) is 7.11 Å². The van der Waals surface area contributed by atoms with E-state index < -0.39 is 0 Å². The molecule has 28 heavy (non-hydrogen) atoms. The SMILES string of the molecule is CCNC(=NCC1CCN(c2cccc(OC)c2)C1)N(C)CC1CCOC1.I. The van der Waals surface area contributed by atoms with Gasteiger partial charge in [-0.2, -0.15) is 0 Å². The van der Waals surface area contributed by atoms with Crippen molar-refractivity contribution in [3.05, 3.63) is 24.3 Å². The van der Waals surface area contributed by atoms with Gasteiger partial charge in [0.25, 0.3) is 0 Å². The first-order valence-electron chi connectivity index (χ1n) is 10.2. The Morgan fingerprint density at radius 3 is 2.93 bits per heavy atom. The van der Waals surface area contributed by atoms with Crippen LogP contribution < -0.4 is 15.0 Å². The number of rotatable bonds is 7. The quantitative estimate of drug-likeness (QED) is 0.353. The van der Waals surface area contributed by atoms with E-state index in [1.165, 1.54) is 12.1 Å². The minimum Gasteiger partial charge on any atom is -0.497 e. The molecule has 0 spiro atoms. The lowest BCUT2D eigenvalue weighted by Gasteiger charge is -2.25. The molecule has 0 radical (unpaired) electrons. The molecule has 0 aromatic heterocycles. The number of methoxy groups -OCH3 is 1. The van der Waals surface area contributed by atoms with Crippen LogP contribution in [0.2, 0.25) is 0 Å². The lowest BCUT2D eigenvalue weighted by Crippen LogP contribution is -2.41. The highest BCUT2D eigenvalue weighted by atomic mass is 127. The van der Waals surface area contributed by atoms with Gasteiger partial charge >= 0.3 is 0 Å². The van der Waals surface area contributed by atoms with Crippen LogP contribution in [0.15, 0.2) is 29.3 Å². The van der Waals surface area contributed by atoms with Crippen molar-refractivity contribution in [2.75, 3.05) is 65.0 Å². The summed E-state index contributed by atoms with van der Waals surface area (Å²) in [6, 6.07) is 8.34. The van der Waals surface area contributed by atoms with Crippen molar-refractivity contribution in [2.45, 2.75) is 19.8 Å². The first kappa shape index (κ1) is 23.1. The van der Waals surface area contributed by atoms with E-state index in [0.29, 0.717) is 11.8 Å². The maximum absolute atomic E-state index is 5.51. The molecule has 158 valence electrons. The van der Waals surface area contributed by atoms with Crippen LogP contribution in [0.5, 0.6) is 5.75 Å². The second-order valence-corrected chi connectivity index (χ2v) is 7.61. The maximum Gasteiger partial charge on any atom is 0.193 e. The average molecular weight is 502 g/mol. The van der Waals surface area contributed by atoms with E-state index >= 15 is 0 Å². The zero-order valence-electron chi connectivity index (χ0n) is 17.4. The second-order valence-electron chi connectivity index (χ2n) is 7.61. The van der Waals surface area contributed by atoms with E-state index in [0.717, 1.165) is 64.1 Å². The average Bonchev–Trinajstić information content (AvgIpc) is 3.37. The Kier molecular flexibility index (Phi) is 9.64. The van der Waals surface area contributed by atoms with Gasteiger partial charge in [-0.25, -0.2) is 0 Å². The van der Waals surface area contributed by atoms with Gasteiger partial charge in [0.1, 0.15) is 5.75 Å². The number of guanidine groups is 1. The number of ether oxygens (including phenoxy) is 2. The summed E-state index contributed by atoms with van der Waals surface area (Å²) < 4.78 is 10.9. The number of anilines is 1. The smallest absolute Gasteiger partial charge is 0.193 e. The molecule has 0 aliphatic carbocycles. The highest BCUT2D eigenvalue weighted by Crippen LogP contribution is 2.27. The van der Waals surface area contributed by atoms with Crippen molar-refractivity contribution in [3.63, 3.8) is 0 Å². The second kappa shape index (κ2) is 11.7. The molecule has 2 fully saturated rings. The fourth-order valence-corrected chi connectivity index (χ4v) is 3.91. The highest BCUT2D eigenvalue weighted by Gasteiger charge is 2.24. The fourth-order valence-electron chi connectivity index (χ4n) is 3.91. The summed E-state index contributed by atoms with van der Waals surface area (Å²) in [4.78, 5) is 9.64. The molecule has 2 heterocycles. The number of nitrogens with one attached hydrogen (secondary N) is 1. The van der Waals surface area contributed by atoms with Crippen LogP contribution in [0, 0.1) is 11.8 Å². The summed E-state index contributed by atoms with van der Waals surface area (Å²) >= 11 is 0. The number of benzene rings is 1. The molecule has 2 aliphatic rings. The van der Waals surface area contributed by atoms with Crippen LogP contribution in [-0.4, -0.2) is 71.0 Å². The third-order valence-electron chi connectivity index (χ3n) is 5.46. The van der Waals surface area contributed by atoms with Crippen molar-refractivity contribution in [2.24, 2.45) is 16.8 Å². The van der Waals surface area contributed by atoms with Gasteiger partial charge in [-0.15, -0.1) is 24.0 Å². The zero-order chi connectivity index (χ0) is 19.1. The van der Waals surface area contributed by atoms with Gasteiger partial charge in [0.2, 0.25) is 0 Å². The molecule has 6 nitrogen and oxygen atoms in total. The molecular formula is C21H35IN4O2. The van der Waals surface area contributed by atoms with Gasteiger partial charge in [-0.05, 0) is 37.8 Å². The Hall–Kier alpha value is -1.22. The molecule has 2 aliphatic heterocycles. The fraction of sp³-hybridized carbons (Fsp3) is 0.667. The summed E-state index contributed by atoms with van der Waals surface area (Å²) in [5, 5.41) is 3.44. The van der Waals surface area contributed by atoms with E-state index in [-0.39, 0.29) is 24.0 Å². The largest absolute Gasteiger partial charge is 0.497 e. The number of halogens is 1. The monoisotopic (exact) mass is 502 g/mol. The Labute approximate surface area is 186 Å². The van der Waals surface area contributed by atoms with Crippen molar-refractivity contribution < 1.29 is 9.47 Å². The van der Waals surface area contributed by atoms with Crippen molar-refractivity contribution in [1.29, 1.82) is 0 Å². The van der Waals surface area contributed by atoms with E-state index in [2.05, 4.69) is 47.3 Å². The lowest BCUT2D eigenvalue weighted by molar-refractivity contribution is 0.181. The number of aliphatic imine (C=N–C) groups is 1. The first-order chi connectivity index (χ1) is 13.2. The Morgan fingerprint density at radius 2 is 2.21 bits per heavy atom. The molecule has 2 saturated heterocycles. The Bertz CT molecular complexity index is 622. The molecule has 1 aromatic carbocycles. The zero-order valence-corrected chi connectivity index (χ0v) is 19.7. The Morgan fingerprint density at radius 1 is 1.36 bits per heavy atom. The molecule has 1 N–H and O–H groups in total. The minimum atomic E-state index is 0. The molecule has 3 rings (SSSR count). The van der Waals surface area contributed by atoms with Crippen LogP contribution in [0.4, 0.5) is 5.69 Å². The maximum atomic E-state index is 5.51. The first-order valence-corrected chi connectivity index (χ1v) is 10.2. The minimum absolute atomic E-state index is 0. The van der Waals surface area contributed by atoms with Gasteiger partial charge < -0.3 is 24.6 Å². The summed E-state index contributed by atoms with van der Waals surface area (Å²) in [6.07, 6.45) is 2.34. The third kappa shape index (κ3) is 6.40. The van der Waals surface area contributed by atoms with Crippen molar-refractivity contribution >= 4 is 35.6 Å².